The van der Waals surface area contributed by atoms with Crippen LogP contribution in [0.1, 0.15) is 63.6 Å². The summed E-state index contributed by atoms with van der Waals surface area (Å²) in [7, 11) is 0. The Hall–Kier alpha value is -1.59. The van der Waals surface area contributed by atoms with E-state index in [0.717, 1.165) is 49.5 Å². The standard InChI is InChI=1S/C16H28N6/c1-4-7-12-10-14(12)20-16(17-5-2)19-13-8-6-9-22-15(13)18-11(3)21-22/h12-14H,4-10H2,1-3H3,(H2,17,19,20). The summed E-state index contributed by atoms with van der Waals surface area (Å²) in [4.78, 5) is 9.20. The Morgan fingerprint density at radius 2 is 2.23 bits per heavy atom. The highest BCUT2D eigenvalue weighted by atomic mass is 15.4. The molecule has 0 aromatic carbocycles. The summed E-state index contributed by atoms with van der Waals surface area (Å²) in [6.07, 6.45) is 6.08. The van der Waals surface area contributed by atoms with Crippen LogP contribution in [-0.2, 0) is 6.54 Å². The molecule has 1 aliphatic heterocycles. The molecule has 0 radical (unpaired) electrons. The van der Waals surface area contributed by atoms with Crippen molar-refractivity contribution in [3.05, 3.63) is 11.6 Å². The van der Waals surface area contributed by atoms with Gasteiger partial charge in [0.25, 0.3) is 0 Å². The number of aromatic nitrogens is 3. The molecule has 6 heteroatoms. The topological polar surface area (TPSA) is 67.1 Å². The van der Waals surface area contributed by atoms with E-state index in [1.54, 1.807) is 0 Å². The SMILES string of the molecule is CCCC1CC1NC(=NCC)NC1CCCn2nc(C)nc21. The van der Waals surface area contributed by atoms with Gasteiger partial charge in [0.1, 0.15) is 11.6 Å². The van der Waals surface area contributed by atoms with E-state index in [2.05, 4.69) is 39.6 Å². The number of fused-ring (bicyclic) bond motifs is 1. The average Bonchev–Trinajstić information content (AvgIpc) is 3.08. The lowest BCUT2D eigenvalue weighted by atomic mass is 10.1. The molecule has 1 aromatic rings. The maximum atomic E-state index is 4.61. The molecule has 2 aliphatic rings. The zero-order valence-corrected chi connectivity index (χ0v) is 14.0. The van der Waals surface area contributed by atoms with Gasteiger partial charge < -0.3 is 10.6 Å². The number of nitrogens with one attached hydrogen (secondary N) is 2. The molecule has 1 aliphatic carbocycles. The number of hydrogen-bond acceptors (Lipinski definition) is 3. The van der Waals surface area contributed by atoms with E-state index in [0.29, 0.717) is 6.04 Å². The number of aliphatic imine (C=N–C) groups is 1. The Morgan fingerprint density at radius 1 is 1.36 bits per heavy atom. The molecule has 0 saturated heterocycles. The van der Waals surface area contributed by atoms with Crippen LogP contribution in [-0.4, -0.2) is 33.3 Å². The summed E-state index contributed by atoms with van der Waals surface area (Å²) in [5, 5.41) is 11.6. The maximum Gasteiger partial charge on any atom is 0.192 e. The highest BCUT2D eigenvalue weighted by Crippen LogP contribution is 2.34. The van der Waals surface area contributed by atoms with Crippen LogP contribution in [0.4, 0.5) is 0 Å². The molecule has 1 aromatic heterocycles. The summed E-state index contributed by atoms with van der Waals surface area (Å²) in [6.45, 7) is 8.06. The summed E-state index contributed by atoms with van der Waals surface area (Å²) < 4.78 is 2.04. The molecule has 22 heavy (non-hydrogen) atoms. The quantitative estimate of drug-likeness (QED) is 0.646. The fourth-order valence-corrected chi connectivity index (χ4v) is 3.35. The zero-order valence-electron chi connectivity index (χ0n) is 14.0. The van der Waals surface area contributed by atoms with Gasteiger partial charge in [-0.25, -0.2) is 9.67 Å². The third kappa shape index (κ3) is 3.42. The Balaban J connectivity index is 1.64. The average molecular weight is 304 g/mol. The molecule has 6 nitrogen and oxygen atoms in total. The molecule has 3 atom stereocenters. The van der Waals surface area contributed by atoms with Crippen molar-refractivity contribution in [2.24, 2.45) is 10.9 Å². The zero-order chi connectivity index (χ0) is 15.5. The second-order valence-electron chi connectivity index (χ2n) is 6.44. The highest BCUT2D eigenvalue weighted by molar-refractivity contribution is 5.80. The number of rotatable bonds is 5. The summed E-state index contributed by atoms with van der Waals surface area (Å²) in [5.74, 6) is 3.67. The van der Waals surface area contributed by atoms with E-state index in [1.807, 2.05) is 11.6 Å². The summed E-state index contributed by atoms with van der Waals surface area (Å²) in [5.41, 5.74) is 0. The van der Waals surface area contributed by atoms with Crippen molar-refractivity contribution in [2.75, 3.05) is 6.54 Å². The lowest BCUT2D eigenvalue weighted by Gasteiger charge is -2.25. The molecule has 0 spiro atoms. The number of hydrogen-bond donors (Lipinski definition) is 2. The fraction of sp³-hybridized carbons (Fsp3) is 0.812. The Labute approximate surface area is 132 Å². The van der Waals surface area contributed by atoms with Gasteiger partial charge in [0.05, 0.1) is 6.04 Å². The van der Waals surface area contributed by atoms with Gasteiger partial charge in [-0.3, -0.25) is 4.99 Å². The van der Waals surface area contributed by atoms with Crippen LogP contribution in [0.15, 0.2) is 4.99 Å². The van der Waals surface area contributed by atoms with E-state index in [-0.39, 0.29) is 6.04 Å². The number of guanidine groups is 1. The Bertz CT molecular complexity index is 535. The van der Waals surface area contributed by atoms with Gasteiger partial charge in [0.2, 0.25) is 0 Å². The number of aryl methyl sites for hydroxylation is 2. The van der Waals surface area contributed by atoms with Crippen molar-refractivity contribution in [2.45, 2.75) is 71.5 Å². The van der Waals surface area contributed by atoms with Crippen molar-refractivity contribution in [1.29, 1.82) is 0 Å². The highest BCUT2D eigenvalue weighted by Gasteiger charge is 2.37. The predicted octanol–water partition coefficient (Wildman–Crippen LogP) is 2.17. The molecule has 1 saturated carbocycles. The van der Waals surface area contributed by atoms with Crippen LogP contribution in [0.3, 0.4) is 0 Å². The summed E-state index contributed by atoms with van der Waals surface area (Å²) in [6, 6.07) is 0.817. The smallest absolute Gasteiger partial charge is 0.192 e. The third-order valence-electron chi connectivity index (χ3n) is 4.51. The first-order valence-corrected chi connectivity index (χ1v) is 8.70. The predicted molar refractivity (Wildman–Crippen MR) is 87.8 cm³/mol. The van der Waals surface area contributed by atoms with E-state index in [1.165, 1.54) is 19.3 Å². The fourth-order valence-electron chi connectivity index (χ4n) is 3.35. The van der Waals surface area contributed by atoms with Gasteiger partial charge in [-0.1, -0.05) is 13.3 Å². The van der Waals surface area contributed by atoms with Crippen LogP contribution in [0.25, 0.3) is 0 Å². The molecule has 2 heterocycles. The van der Waals surface area contributed by atoms with E-state index < -0.39 is 0 Å². The van der Waals surface area contributed by atoms with Gasteiger partial charge >= 0.3 is 0 Å². The van der Waals surface area contributed by atoms with Gasteiger partial charge in [0, 0.05) is 19.1 Å². The maximum absolute atomic E-state index is 4.61. The van der Waals surface area contributed by atoms with E-state index in [9.17, 15) is 0 Å². The van der Waals surface area contributed by atoms with Crippen molar-refractivity contribution >= 4 is 5.96 Å². The lowest BCUT2D eigenvalue weighted by Crippen LogP contribution is -2.43. The van der Waals surface area contributed by atoms with Crippen LogP contribution < -0.4 is 10.6 Å². The molecule has 2 N–H and O–H groups in total. The first-order chi connectivity index (χ1) is 10.7. The van der Waals surface area contributed by atoms with Crippen LogP contribution in [0, 0.1) is 12.8 Å². The minimum atomic E-state index is 0.219. The van der Waals surface area contributed by atoms with E-state index in [4.69, 9.17) is 0 Å². The van der Waals surface area contributed by atoms with Gasteiger partial charge in [-0.2, -0.15) is 5.10 Å². The largest absolute Gasteiger partial charge is 0.353 e. The monoisotopic (exact) mass is 304 g/mol. The van der Waals surface area contributed by atoms with Crippen molar-refractivity contribution in [3.63, 3.8) is 0 Å². The minimum absolute atomic E-state index is 0.219. The molecular weight excluding hydrogens is 276 g/mol. The molecule has 0 amide bonds. The second-order valence-corrected chi connectivity index (χ2v) is 6.44. The van der Waals surface area contributed by atoms with Crippen LogP contribution in [0.2, 0.25) is 0 Å². The van der Waals surface area contributed by atoms with Gasteiger partial charge in [-0.15, -0.1) is 0 Å². The Kier molecular flexibility index (Phi) is 4.64. The van der Waals surface area contributed by atoms with Crippen molar-refractivity contribution < 1.29 is 0 Å². The number of nitrogens with zero attached hydrogens (tertiary/aromatic N) is 4. The summed E-state index contributed by atoms with van der Waals surface area (Å²) >= 11 is 0. The third-order valence-corrected chi connectivity index (χ3v) is 4.51. The van der Waals surface area contributed by atoms with E-state index >= 15 is 0 Å². The first-order valence-electron chi connectivity index (χ1n) is 8.70. The Morgan fingerprint density at radius 3 is 3.00 bits per heavy atom. The molecule has 3 rings (SSSR count). The van der Waals surface area contributed by atoms with Crippen molar-refractivity contribution in [1.82, 2.24) is 25.4 Å². The molecule has 3 unspecified atom stereocenters. The van der Waals surface area contributed by atoms with Gasteiger partial charge in [0.15, 0.2) is 5.96 Å². The normalized spacial score (nSPS) is 27.4. The lowest BCUT2D eigenvalue weighted by molar-refractivity contribution is 0.397. The molecule has 122 valence electrons. The second kappa shape index (κ2) is 6.67. The van der Waals surface area contributed by atoms with Gasteiger partial charge in [-0.05, 0) is 45.4 Å². The minimum Gasteiger partial charge on any atom is -0.353 e. The van der Waals surface area contributed by atoms with Crippen LogP contribution >= 0.6 is 0 Å². The van der Waals surface area contributed by atoms with Crippen molar-refractivity contribution in [3.8, 4) is 0 Å². The molecule has 0 bridgehead atoms. The molecular formula is C16H28N6. The van der Waals surface area contributed by atoms with Crippen LogP contribution in [0.5, 0.6) is 0 Å². The molecule has 1 fully saturated rings. The first kappa shape index (κ1) is 15.3.